The maximum absolute atomic E-state index is 8.11. The van der Waals surface area contributed by atoms with E-state index in [4.69, 9.17) is 11.1 Å². The van der Waals surface area contributed by atoms with Crippen LogP contribution >= 0.6 is 0 Å². The average molecular weight is 312 g/mol. The quantitative estimate of drug-likeness (QED) is 0.558. The second-order valence-electron chi connectivity index (χ2n) is 6.40. The minimum atomic E-state index is 0.334. The molecule has 0 heterocycles. The van der Waals surface area contributed by atoms with Crippen molar-refractivity contribution in [2.45, 2.75) is 38.6 Å². The molecule has 1 fully saturated rings. The Labute approximate surface area is 139 Å². The van der Waals surface area contributed by atoms with E-state index in [1.165, 1.54) is 12.8 Å². The van der Waals surface area contributed by atoms with Crippen LogP contribution in [-0.4, -0.2) is 31.2 Å². The number of nitrogens with zero attached hydrogens (tertiary/aromatic N) is 1. The van der Waals surface area contributed by atoms with Crippen LogP contribution in [0.15, 0.2) is 41.4 Å². The van der Waals surface area contributed by atoms with Crippen molar-refractivity contribution in [2.75, 3.05) is 13.6 Å². The second-order valence-corrected chi connectivity index (χ2v) is 6.40. The third-order valence-electron chi connectivity index (χ3n) is 4.39. The minimum Gasteiger partial charge on any atom is -0.384 e. The van der Waals surface area contributed by atoms with E-state index in [9.17, 15) is 0 Å². The Bertz CT molecular complexity index is 581. The zero-order valence-corrected chi connectivity index (χ0v) is 14.2. The fourth-order valence-corrected chi connectivity index (χ4v) is 3.10. The summed E-state index contributed by atoms with van der Waals surface area (Å²) in [4.78, 5) is 4.60. The molecule has 124 valence electrons. The SMILES string of the molecule is CNCC1CCC(N=C(N)/C=C\C(=N)c2cccc(C)c2)CC1. The van der Waals surface area contributed by atoms with Crippen LogP contribution in [0.2, 0.25) is 0 Å². The van der Waals surface area contributed by atoms with Gasteiger partial charge in [0.05, 0.1) is 11.8 Å². The van der Waals surface area contributed by atoms with Crippen molar-refractivity contribution in [3.63, 3.8) is 0 Å². The van der Waals surface area contributed by atoms with Gasteiger partial charge in [0.2, 0.25) is 0 Å². The number of amidine groups is 1. The molecule has 4 nitrogen and oxygen atoms in total. The molecular weight excluding hydrogens is 284 g/mol. The first-order valence-corrected chi connectivity index (χ1v) is 8.40. The maximum Gasteiger partial charge on any atom is 0.118 e. The Morgan fingerprint density at radius 1 is 1.30 bits per heavy atom. The molecule has 1 aromatic carbocycles. The van der Waals surface area contributed by atoms with Gasteiger partial charge in [-0.05, 0) is 75.9 Å². The van der Waals surface area contributed by atoms with Gasteiger partial charge < -0.3 is 16.5 Å². The highest BCUT2D eigenvalue weighted by molar-refractivity contribution is 6.09. The molecule has 0 saturated heterocycles. The van der Waals surface area contributed by atoms with Gasteiger partial charge >= 0.3 is 0 Å². The van der Waals surface area contributed by atoms with Crippen LogP contribution in [0, 0.1) is 18.3 Å². The highest BCUT2D eigenvalue weighted by Crippen LogP contribution is 2.25. The number of aryl methyl sites for hydroxylation is 1. The molecule has 0 bridgehead atoms. The van der Waals surface area contributed by atoms with Crippen LogP contribution in [0.1, 0.15) is 36.8 Å². The molecule has 0 radical (unpaired) electrons. The molecule has 1 aliphatic rings. The van der Waals surface area contributed by atoms with E-state index in [0.29, 0.717) is 17.6 Å². The molecule has 1 aliphatic carbocycles. The zero-order chi connectivity index (χ0) is 16.7. The predicted octanol–water partition coefficient (Wildman–Crippen LogP) is 3.05. The first-order valence-electron chi connectivity index (χ1n) is 8.40. The minimum absolute atomic E-state index is 0.334. The summed E-state index contributed by atoms with van der Waals surface area (Å²) >= 11 is 0. The lowest BCUT2D eigenvalue weighted by molar-refractivity contribution is 0.321. The van der Waals surface area contributed by atoms with Crippen LogP contribution in [0.3, 0.4) is 0 Å². The molecule has 1 aromatic rings. The molecule has 1 saturated carbocycles. The summed E-state index contributed by atoms with van der Waals surface area (Å²) in [6, 6.07) is 8.27. The highest BCUT2D eigenvalue weighted by Gasteiger charge is 2.19. The van der Waals surface area contributed by atoms with Gasteiger partial charge in [-0.25, -0.2) is 0 Å². The molecule has 0 unspecified atom stereocenters. The van der Waals surface area contributed by atoms with Gasteiger partial charge in [0.25, 0.3) is 0 Å². The number of nitrogens with two attached hydrogens (primary N) is 1. The smallest absolute Gasteiger partial charge is 0.118 e. The van der Waals surface area contributed by atoms with E-state index in [1.807, 2.05) is 38.2 Å². The van der Waals surface area contributed by atoms with E-state index in [1.54, 1.807) is 12.2 Å². The van der Waals surface area contributed by atoms with Gasteiger partial charge in [-0.15, -0.1) is 0 Å². The van der Waals surface area contributed by atoms with Crippen LogP contribution in [0.25, 0.3) is 0 Å². The Morgan fingerprint density at radius 3 is 2.70 bits per heavy atom. The van der Waals surface area contributed by atoms with Gasteiger partial charge in [0.1, 0.15) is 5.84 Å². The molecule has 0 aromatic heterocycles. The van der Waals surface area contributed by atoms with Crippen LogP contribution in [0.5, 0.6) is 0 Å². The van der Waals surface area contributed by atoms with Gasteiger partial charge in [-0.2, -0.15) is 0 Å². The molecule has 0 amide bonds. The Hall–Kier alpha value is -1.94. The molecule has 0 atom stereocenters. The van der Waals surface area contributed by atoms with Gasteiger partial charge in [-0.1, -0.05) is 23.8 Å². The lowest BCUT2D eigenvalue weighted by atomic mass is 9.86. The first-order chi connectivity index (χ1) is 11.1. The largest absolute Gasteiger partial charge is 0.384 e. The summed E-state index contributed by atoms with van der Waals surface area (Å²) in [7, 11) is 2.01. The third-order valence-corrected chi connectivity index (χ3v) is 4.39. The summed E-state index contributed by atoms with van der Waals surface area (Å²) in [6.45, 7) is 3.13. The second kappa shape index (κ2) is 8.63. The van der Waals surface area contributed by atoms with Crippen LogP contribution < -0.4 is 11.1 Å². The Morgan fingerprint density at radius 2 is 2.04 bits per heavy atom. The fraction of sp³-hybridized carbons (Fsp3) is 0.474. The molecule has 4 N–H and O–H groups in total. The van der Waals surface area contributed by atoms with E-state index < -0.39 is 0 Å². The summed E-state index contributed by atoms with van der Waals surface area (Å²) in [5, 5.41) is 11.4. The number of hydrogen-bond acceptors (Lipinski definition) is 3. The van der Waals surface area contributed by atoms with E-state index in [-0.39, 0.29) is 0 Å². The van der Waals surface area contributed by atoms with Crippen molar-refractivity contribution < 1.29 is 0 Å². The third kappa shape index (κ3) is 5.64. The Kier molecular flexibility index (Phi) is 6.53. The van der Waals surface area contributed by atoms with Crippen LogP contribution in [-0.2, 0) is 0 Å². The first kappa shape index (κ1) is 17.4. The van der Waals surface area contributed by atoms with Gasteiger partial charge in [0.15, 0.2) is 0 Å². The Balaban J connectivity index is 1.88. The van der Waals surface area contributed by atoms with Crippen LogP contribution in [0.4, 0.5) is 0 Å². The highest BCUT2D eigenvalue weighted by atomic mass is 14.9. The van der Waals surface area contributed by atoms with Crippen molar-refractivity contribution in [1.82, 2.24) is 5.32 Å². The summed E-state index contributed by atoms with van der Waals surface area (Å²) in [5.74, 6) is 1.30. The van der Waals surface area contributed by atoms with E-state index in [2.05, 4.69) is 10.3 Å². The number of nitrogens with one attached hydrogen (secondary N) is 2. The zero-order valence-electron chi connectivity index (χ0n) is 14.2. The van der Waals surface area contributed by atoms with Crippen molar-refractivity contribution in [2.24, 2.45) is 16.6 Å². The molecule has 0 aliphatic heterocycles. The summed E-state index contributed by atoms with van der Waals surface area (Å²) < 4.78 is 0. The maximum atomic E-state index is 8.11. The lowest BCUT2D eigenvalue weighted by Gasteiger charge is -2.26. The number of benzene rings is 1. The standard InChI is InChI=1S/C19H28N4/c1-14-4-3-5-16(12-14)18(20)10-11-19(21)23-17-8-6-15(7-9-17)13-22-2/h3-5,10-12,15,17,20,22H,6-9,13H2,1-2H3,(H2,21,23)/b11-10-,20-18?. The predicted molar refractivity (Wildman–Crippen MR) is 98.4 cm³/mol. The lowest BCUT2D eigenvalue weighted by Crippen LogP contribution is -2.26. The van der Waals surface area contributed by atoms with Gasteiger partial charge in [-0.3, -0.25) is 4.99 Å². The monoisotopic (exact) mass is 312 g/mol. The summed E-state index contributed by atoms with van der Waals surface area (Å²) in [5.41, 5.74) is 8.53. The van der Waals surface area contributed by atoms with E-state index >= 15 is 0 Å². The number of allylic oxidation sites excluding steroid dienone is 1. The normalized spacial score (nSPS) is 22.4. The van der Waals surface area contributed by atoms with Gasteiger partial charge in [0, 0.05) is 0 Å². The molecule has 0 spiro atoms. The molecule has 2 rings (SSSR count). The van der Waals surface area contributed by atoms with E-state index in [0.717, 1.165) is 36.4 Å². The molecule has 4 heteroatoms. The van der Waals surface area contributed by atoms with Crippen molar-refractivity contribution in [3.8, 4) is 0 Å². The number of hydrogen-bond donors (Lipinski definition) is 3. The van der Waals surface area contributed by atoms with Crippen molar-refractivity contribution in [1.29, 1.82) is 5.41 Å². The number of rotatable bonds is 6. The topological polar surface area (TPSA) is 74.3 Å². The fourth-order valence-electron chi connectivity index (χ4n) is 3.10. The molecular formula is C19H28N4. The van der Waals surface area contributed by atoms with Crippen molar-refractivity contribution in [3.05, 3.63) is 47.5 Å². The average Bonchev–Trinajstić information content (AvgIpc) is 2.55. The summed E-state index contributed by atoms with van der Waals surface area (Å²) in [6.07, 6.45) is 8.13. The molecule has 23 heavy (non-hydrogen) atoms. The van der Waals surface area contributed by atoms with Crippen molar-refractivity contribution >= 4 is 11.5 Å². The number of aliphatic imine (C=N–C) groups is 1.